The highest BCUT2D eigenvalue weighted by Gasteiger charge is 2.28. The van der Waals surface area contributed by atoms with Crippen molar-refractivity contribution in [2.24, 2.45) is 0 Å². The van der Waals surface area contributed by atoms with Gasteiger partial charge in [-0.25, -0.2) is 4.79 Å². The lowest BCUT2D eigenvalue weighted by molar-refractivity contribution is -0.118. The van der Waals surface area contributed by atoms with Gasteiger partial charge >= 0.3 is 5.97 Å². The van der Waals surface area contributed by atoms with E-state index in [-0.39, 0.29) is 23.5 Å². The molecule has 1 aliphatic carbocycles. The van der Waals surface area contributed by atoms with Gasteiger partial charge in [-0.1, -0.05) is 6.07 Å². The van der Waals surface area contributed by atoms with Crippen LogP contribution in [0.5, 0.6) is 11.5 Å². The fourth-order valence-corrected chi connectivity index (χ4v) is 6.40. The summed E-state index contributed by atoms with van der Waals surface area (Å²) >= 11 is 1.40. The summed E-state index contributed by atoms with van der Waals surface area (Å²) in [6.45, 7) is 5.31. The Hall–Kier alpha value is -4.11. The van der Waals surface area contributed by atoms with Crippen LogP contribution < -0.4 is 20.2 Å². The highest BCUT2D eigenvalue weighted by atomic mass is 32.1. The van der Waals surface area contributed by atoms with Crippen molar-refractivity contribution in [3.63, 3.8) is 0 Å². The van der Waals surface area contributed by atoms with Gasteiger partial charge in [0.1, 0.15) is 16.3 Å². The Morgan fingerprint density at radius 1 is 1.07 bits per heavy atom. The fraction of sp³-hybridized carbons (Fsp3) is 0.323. The van der Waals surface area contributed by atoms with Crippen molar-refractivity contribution in [3.8, 4) is 22.8 Å². The minimum Gasteiger partial charge on any atom is -0.497 e. The molecule has 1 amide bonds. The smallest absolute Gasteiger partial charge is 0.341 e. The Morgan fingerprint density at radius 2 is 1.82 bits per heavy atom. The molecule has 0 spiro atoms. The molecule has 0 saturated heterocycles. The van der Waals surface area contributed by atoms with Crippen LogP contribution in [0.2, 0.25) is 0 Å². The predicted octanol–water partition coefficient (Wildman–Crippen LogP) is 6.22. The first-order valence-corrected chi connectivity index (χ1v) is 14.1. The minimum atomic E-state index is -0.495. The van der Waals surface area contributed by atoms with Gasteiger partial charge in [-0.3, -0.25) is 9.59 Å². The van der Waals surface area contributed by atoms with Crippen LogP contribution in [-0.2, 0) is 22.4 Å². The van der Waals surface area contributed by atoms with E-state index >= 15 is 0 Å². The predicted molar refractivity (Wildman–Crippen MR) is 155 cm³/mol. The van der Waals surface area contributed by atoms with Crippen molar-refractivity contribution in [2.45, 2.75) is 46.5 Å². The second-order valence-electron chi connectivity index (χ2n) is 9.75. The maximum absolute atomic E-state index is 13.7. The summed E-state index contributed by atoms with van der Waals surface area (Å²) in [7, 11) is 1.57. The second-order valence-corrected chi connectivity index (χ2v) is 10.9. The van der Waals surface area contributed by atoms with E-state index in [9.17, 15) is 14.4 Å². The molecular weight excluding hydrogens is 530 g/mol. The first-order valence-electron chi connectivity index (χ1n) is 13.3. The normalized spacial score (nSPS) is 12.6. The molecular formula is C31H31NO7S. The summed E-state index contributed by atoms with van der Waals surface area (Å²) in [6.07, 6.45) is 3.66. The number of anilines is 1. The number of hydrogen-bond acceptors (Lipinski definition) is 8. The molecule has 4 aromatic rings. The van der Waals surface area contributed by atoms with Gasteiger partial charge in [-0.2, -0.15) is 0 Å². The van der Waals surface area contributed by atoms with Crippen LogP contribution in [0.4, 0.5) is 5.00 Å². The Balaban J connectivity index is 1.48. The van der Waals surface area contributed by atoms with Crippen molar-refractivity contribution in [3.05, 3.63) is 73.8 Å². The molecule has 1 N–H and O–H groups in total. The molecule has 40 heavy (non-hydrogen) atoms. The number of fused-ring (bicyclic) bond motifs is 2. The Kier molecular flexibility index (Phi) is 7.93. The van der Waals surface area contributed by atoms with Gasteiger partial charge < -0.3 is 23.9 Å². The molecule has 0 saturated carbocycles. The molecule has 0 bridgehead atoms. The van der Waals surface area contributed by atoms with Crippen LogP contribution in [-0.4, -0.2) is 32.2 Å². The van der Waals surface area contributed by atoms with Gasteiger partial charge in [0.05, 0.1) is 24.7 Å². The van der Waals surface area contributed by atoms with E-state index in [1.165, 1.54) is 11.3 Å². The highest BCUT2D eigenvalue weighted by molar-refractivity contribution is 7.17. The SMILES string of the molecule is CCOC(=O)c1c(NC(=O)COc2c(-c3ccc(OC)cc3)oc3cc(C)cc(C)c3c2=O)sc2c1CCCC2. The quantitative estimate of drug-likeness (QED) is 0.255. The molecule has 0 aliphatic heterocycles. The van der Waals surface area contributed by atoms with Crippen LogP contribution in [0.15, 0.2) is 45.6 Å². The number of rotatable bonds is 8. The summed E-state index contributed by atoms with van der Waals surface area (Å²) < 4.78 is 22.7. The number of carbonyl (C=O) groups excluding carboxylic acids is 2. The Bertz CT molecular complexity index is 1650. The van der Waals surface area contributed by atoms with Crippen LogP contribution in [0.1, 0.15) is 51.7 Å². The van der Waals surface area contributed by atoms with Gasteiger partial charge in [-0.15, -0.1) is 11.3 Å². The van der Waals surface area contributed by atoms with Crippen LogP contribution in [0.3, 0.4) is 0 Å². The molecule has 2 heterocycles. The summed E-state index contributed by atoms with van der Waals surface area (Å²) in [5.74, 6) is -0.130. The molecule has 0 radical (unpaired) electrons. The van der Waals surface area contributed by atoms with E-state index in [1.807, 2.05) is 26.0 Å². The lowest BCUT2D eigenvalue weighted by atomic mass is 9.95. The van der Waals surface area contributed by atoms with Gasteiger partial charge in [-0.05, 0) is 93.5 Å². The molecule has 0 fully saturated rings. The lowest BCUT2D eigenvalue weighted by Gasteiger charge is -2.14. The largest absolute Gasteiger partial charge is 0.497 e. The Morgan fingerprint density at radius 3 is 2.55 bits per heavy atom. The van der Waals surface area contributed by atoms with E-state index in [2.05, 4.69) is 5.32 Å². The molecule has 2 aromatic heterocycles. The van der Waals surface area contributed by atoms with E-state index in [1.54, 1.807) is 38.3 Å². The van der Waals surface area contributed by atoms with Crippen LogP contribution >= 0.6 is 11.3 Å². The third-order valence-electron chi connectivity index (χ3n) is 6.90. The molecule has 8 nitrogen and oxygen atoms in total. The number of methoxy groups -OCH3 is 1. The number of carbonyl (C=O) groups is 2. The summed E-state index contributed by atoms with van der Waals surface area (Å²) in [6, 6.07) is 10.8. The van der Waals surface area contributed by atoms with Gasteiger partial charge in [0.25, 0.3) is 5.91 Å². The van der Waals surface area contributed by atoms with E-state index in [4.69, 9.17) is 18.6 Å². The molecule has 1 aliphatic rings. The average Bonchev–Trinajstić information content (AvgIpc) is 3.29. The standard InChI is InChI=1S/C31H31NO7S/c1-5-37-31(35)26-21-8-6-7-9-23(21)40-30(26)32-24(33)16-38-29-27(34)25-18(3)14-17(2)15-22(25)39-28(29)19-10-12-20(36-4)13-11-19/h10-15H,5-9,16H2,1-4H3,(H,32,33). The van der Waals surface area contributed by atoms with Crippen LogP contribution in [0.25, 0.3) is 22.3 Å². The van der Waals surface area contributed by atoms with Gasteiger partial charge in [0, 0.05) is 10.4 Å². The minimum absolute atomic E-state index is 0.0594. The molecule has 9 heteroatoms. The number of amides is 1. The first-order chi connectivity index (χ1) is 19.3. The molecule has 2 aromatic carbocycles. The van der Waals surface area contributed by atoms with Crippen molar-refractivity contribution < 1.29 is 28.2 Å². The number of benzene rings is 2. The van der Waals surface area contributed by atoms with Gasteiger partial charge in [0.2, 0.25) is 11.2 Å². The topological polar surface area (TPSA) is 104 Å². The van der Waals surface area contributed by atoms with E-state index in [0.29, 0.717) is 32.8 Å². The third-order valence-corrected chi connectivity index (χ3v) is 8.11. The monoisotopic (exact) mass is 561 g/mol. The third kappa shape index (κ3) is 5.34. The van der Waals surface area contributed by atoms with Crippen molar-refractivity contribution in [2.75, 3.05) is 25.6 Å². The molecule has 0 unspecified atom stereocenters. The first kappa shape index (κ1) is 27.5. The number of ether oxygens (including phenoxy) is 3. The Labute approximate surface area is 235 Å². The number of aryl methyl sites for hydroxylation is 3. The summed E-state index contributed by atoms with van der Waals surface area (Å²) in [4.78, 5) is 40.7. The van der Waals surface area contributed by atoms with Crippen molar-refractivity contribution >= 4 is 39.2 Å². The maximum atomic E-state index is 13.7. The zero-order valence-corrected chi connectivity index (χ0v) is 23.8. The lowest BCUT2D eigenvalue weighted by Crippen LogP contribution is -2.23. The molecule has 208 valence electrons. The molecule has 0 atom stereocenters. The summed E-state index contributed by atoms with van der Waals surface area (Å²) in [5.41, 5.74) is 3.76. The van der Waals surface area contributed by atoms with E-state index in [0.717, 1.165) is 47.3 Å². The average molecular weight is 562 g/mol. The van der Waals surface area contributed by atoms with Crippen LogP contribution in [0, 0.1) is 13.8 Å². The number of hydrogen-bond donors (Lipinski definition) is 1. The van der Waals surface area contributed by atoms with Crippen molar-refractivity contribution in [1.82, 2.24) is 0 Å². The zero-order valence-electron chi connectivity index (χ0n) is 23.0. The van der Waals surface area contributed by atoms with E-state index < -0.39 is 18.5 Å². The number of nitrogens with one attached hydrogen (secondary N) is 1. The fourth-order valence-electron chi connectivity index (χ4n) is 5.11. The molecule has 5 rings (SSSR count). The maximum Gasteiger partial charge on any atom is 0.341 e. The summed E-state index contributed by atoms with van der Waals surface area (Å²) in [5, 5.41) is 3.68. The zero-order chi connectivity index (χ0) is 28.4. The highest BCUT2D eigenvalue weighted by Crippen LogP contribution is 2.39. The van der Waals surface area contributed by atoms with Crippen molar-refractivity contribution in [1.29, 1.82) is 0 Å². The number of thiophene rings is 1. The number of esters is 1. The van der Waals surface area contributed by atoms with Gasteiger partial charge in [0.15, 0.2) is 12.4 Å². The second kappa shape index (κ2) is 11.6.